The Morgan fingerprint density at radius 1 is 1.19 bits per heavy atom. The molecule has 0 aromatic heterocycles. The van der Waals surface area contributed by atoms with Gasteiger partial charge in [0, 0.05) is 12.2 Å². The quantitative estimate of drug-likeness (QED) is 0.306. The predicted octanol–water partition coefficient (Wildman–Crippen LogP) is 5.16. The van der Waals surface area contributed by atoms with E-state index in [1.54, 1.807) is 17.0 Å². The van der Waals surface area contributed by atoms with Crippen LogP contribution in [0.3, 0.4) is 0 Å². The number of nitrogens with zero attached hydrogens (tertiary/aromatic N) is 2. The smallest absolute Gasteiger partial charge is 0.266 e. The zero-order chi connectivity index (χ0) is 22.9. The average molecular weight is 453 g/mol. The Kier molecular flexibility index (Phi) is 8.53. The van der Waals surface area contributed by atoms with E-state index < -0.39 is 0 Å². The number of phenols is 1. The molecule has 1 amide bonds. The first-order chi connectivity index (χ1) is 15.6. The molecule has 6 nitrogen and oxygen atoms in total. The molecule has 0 aliphatic carbocycles. The van der Waals surface area contributed by atoms with Crippen LogP contribution in [0.2, 0.25) is 0 Å². The second-order valence-electron chi connectivity index (χ2n) is 6.95. The van der Waals surface area contributed by atoms with E-state index in [0.717, 1.165) is 11.3 Å². The number of aromatic hydroxyl groups is 1. The largest absolute Gasteiger partial charge is 0.504 e. The van der Waals surface area contributed by atoms with Crippen LogP contribution >= 0.6 is 11.8 Å². The van der Waals surface area contributed by atoms with Crippen molar-refractivity contribution in [3.63, 3.8) is 0 Å². The van der Waals surface area contributed by atoms with Gasteiger partial charge in [0.05, 0.1) is 30.4 Å². The summed E-state index contributed by atoms with van der Waals surface area (Å²) < 4.78 is 11.0. The molecule has 0 radical (unpaired) electrons. The number of thioether (sulfide) groups is 1. The van der Waals surface area contributed by atoms with Crippen LogP contribution in [-0.2, 0) is 16.0 Å². The van der Waals surface area contributed by atoms with Gasteiger partial charge in [0.1, 0.15) is 0 Å². The summed E-state index contributed by atoms with van der Waals surface area (Å²) in [7, 11) is 0. The number of allylic oxidation sites excluding steroid dienone is 1. The monoisotopic (exact) mass is 452 g/mol. The highest BCUT2D eigenvalue weighted by Crippen LogP contribution is 2.37. The van der Waals surface area contributed by atoms with Gasteiger partial charge in [-0.3, -0.25) is 9.69 Å². The molecule has 0 saturated carbocycles. The summed E-state index contributed by atoms with van der Waals surface area (Å²) in [6.07, 6.45) is 4.02. The van der Waals surface area contributed by atoms with Crippen LogP contribution in [0.5, 0.6) is 11.5 Å². The zero-order valence-corrected chi connectivity index (χ0v) is 19.2. The van der Waals surface area contributed by atoms with Crippen LogP contribution in [0, 0.1) is 0 Å². The fourth-order valence-electron chi connectivity index (χ4n) is 3.20. The maximum absolute atomic E-state index is 13.2. The Morgan fingerprint density at radius 2 is 1.97 bits per heavy atom. The number of hydrogen-bond acceptors (Lipinski definition) is 6. The van der Waals surface area contributed by atoms with Gasteiger partial charge in [0.2, 0.25) is 0 Å². The molecule has 2 aromatic rings. The summed E-state index contributed by atoms with van der Waals surface area (Å²) >= 11 is 1.33. The SMILES string of the molecule is C=CCc1cc(/C=C2\SC(=Nc3ccccc3)N(CCOCC)C2=O)cc(OCC)c1O. The maximum Gasteiger partial charge on any atom is 0.266 e. The number of phenolic OH excluding ortho intramolecular Hbond substituents is 1. The summed E-state index contributed by atoms with van der Waals surface area (Å²) in [5.74, 6) is 0.366. The summed E-state index contributed by atoms with van der Waals surface area (Å²) in [4.78, 5) is 20.1. The molecule has 1 fully saturated rings. The lowest BCUT2D eigenvalue weighted by Gasteiger charge is -2.15. The third kappa shape index (κ3) is 5.81. The van der Waals surface area contributed by atoms with Crippen molar-refractivity contribution in [1.82, 2.24) is 4.90 Å². The lowest BCUT2D eigenvalue weighted by molar-refractivity contribution is -0.122. The summed E-state index contributed by atoms with van der Waals surface area (Å²) in [6, 6.07) is 13.1. The maximum atomic E-state index is 13.2. The van der Waals surface area contributed by atoms with Crippen molar-refractivity contribution >= 4 is 34.6 Å². The molecule has 0 unspecified atom stereocenters. The van der Waals surface area contributed by atoms with E-state index in [4.69, 9.17) is 9.47 Å². The number of aliphatic imine (C=N–C) groups is 1. The second kappa shape index (κ2) is 11.5. The molecule has 1 aliphatic rings. The molecule has 0 bridgehead atoms. The molecule has 1 N–H and O–H groups in total. The van der Waals surface area contributed by atoms with Crippen LogP contribution in [-0.4, -0.2) is 47.4 Å². The van der Waals surface area contributed by atoms with Gasteiger partial charge < -0.3 is 14.6 Å². The highest BCUT2D eigenvalue weighted by molar-refractivity contribution is 8.18. The van der Waals surface area contributed by atoms with Crippen molar-refractivity contribution in [3.8, 4) is 11.5 Å². The number of rotatable bonds is 10. The van der Waals surface area contributed by atoms with Crippen molar-refractivity contribution in [3.05, 3.63) is 71.2 Å². The molecule has 3 rings (SSSR count). The fraction of sp³-hybridized carbons (Fsp3) is 0.280. The first kappa shape index (κ1) is 23.6. The predicted molar refractivity (Wildman–Crippen MR) is 130 cm³/mol. The van der Waals surface area contributed by atoms with Crippen LogP contribution in [0.4, 0.5) is 5.69 Å². The van der Waals surface area contributed by atoms with E-state index in [0.29, 0.717) is 54.2 Å². The fourth-order valence-corrected chi connectivity index (χ4v) is 4.23. The van der Waals surface area contributed by atoms with Crippen LogP contribution in [0.25, 0.3) is 6.08 Å². The molecule has 1 saturated heterocycles. The molecular formula is C25H28N2O4S. The first-order valence-electron chi connectivity index (χ1n) is 10.6. The van der Waals surface area contributed by atoms with Gasteiger partial charge in [-0.25, -0.2) is 4.99 Å². The number of carbonyl (C=O) groups is 1. The number of amidine groups is 1. The van der Waals surface area contributed by atoms with E-state index in [-0.39, 0.29) is 11.7 Å². The lowest BCUT2D eigenvalue weighted by atomic mass is 10.1. The van der Waals surface area contributed by atoms with Crippen molar-refractivity contribution < 1.29 is 19.4 Å². The number of hydrogen-bond donors (Lipinski definition) is 1. The third-order valence-electron chi connectivity index (χ3n) is 4.67. The standard InChI is InChI=1S/C25H28N2O4S/c1-4-10-19-15-18(16-21(23(19)28)31-6-3)17-22-24(29)27(13-14-30-5-2)25(32-22)26-20-11-8-7-9-12-20/h4,7-9,11-12,15-17,28H,1,5-6,10,13-14H2,2-3H3/b22-17-,26-25?. The number of ether oxygens (including phenoxy) is 2. The molecule has 2 aromatic carbocycles. The second-order valence-corrected chi connectivity index (χ2v) is 7.96. The normalized spacial score (nSPS) is 16.2. The minimum absolute atomic E-state index is 0.101. The Morgan fingerprint density at radius 3 is 2.66 bits per heavy atom. The molecule has 32 heavy (non-hydrogen) atoms. The van der Waals surface area contributed by atoms with Crippen molar-refractivity contribution in [1.29, 1.82) is 0 Å². The van der Waals surface area contributed by atoms with Gasteiger partial charge >= 0.3 is 0 Å². The van der Waals surface area contributed by atoms with Crippen LogP contribution in [0.1, 0.15) is 25.0 Å². The molecule has 168 valence electrons. The van der Waals surface area contributed by atoms with Crippen LogP contribution < -0.4 is 4.74 Å². The molecular weight excluding hydrogens is 424 g/mol. The highest BCUT2D eigenvalue weighted by Gasteiger charge is 2.33. The van der Waals surface area contributed by atoms with Gasteiger partial charge in [-0.05, 0) is 67.9 Å². The van der Waals surface area contributed by atoms with E-state index in [9.17, 15) is 9.90 Å². The molecule has 1 heterocycles. The number of benzene rings is 2. The van der Waals surface area contributed by atoms with E-state index in [1.165, 1.54) is 11.8 Å². The topological polar surface area (TPSA) is 71.4 Å². The first-order valence-corrected chi connectivity index (χ1v) is 11.4. The summed E-state index contributed by atoms with van der Waals surface area (Å²) in [6.45, 7) is 9.40. The molecule has 1 aliphatic heterocycles. The lowest BCUT2D eigenvalue weighted by Crippen LogP contribution is -2.32. The molecule has 7 heteroatoms. The van der Waals surface area contributed by atoms with Crippen molar-refractivity contribution in [2.45, 2.75) is 20.3 Å². The molecule has 0 spiro atoms. The van der Waals surface area contributed by atoms with Gasteiger partial charge in [-0.2, -0.15) is 0 Å². The van der Waals surface area contributed by atoms with E-state index >= 15 is 0 Å². The third-order valence-corrected chi connectivity index (χ3v) is 5.68. The Balaban J connectivity index is 1.97. The minimum Gasteiger partial charge on any atom is -0.504 e. The van der Waals surface area contributed by atoms with Gasteiger partial charge in [-0.1, -0.05) is 24.3 Å². The highest BCUT2D eigenvalue weighted by atomic mass is 32.2. The Labute approximate surface area is 193 Å². The number of amides is 1. The Bertz CT molecular complexity index is 1020. The van der Waals surface area contributed by atoms with Gasteiger partial charge in [0.25, 0.3) is 5.91 Å². The average Bonchev–Trinajstić information content (AvgIpc) is 3.07. The minimum atomic E-state index is -0.124. The van der Waals surface area contributed by atoms with Gasteiger partial charge in [0.15, 0.2) is 16.7 Å². The van der Waals surface area contributed by atoms with Gasteiger partial charge in [-0.15, -0.1) is 6.58 Å². The number of carbonyl (C=O) groups excluding carboxylic acids is 1. The zero-order valence-electron chi connectivity index (χ0n) is 18.4. The van der Waals surface area contributed by atoms with E-state index in [2.05, 4.69) is 11.6 Å². The molecule has 0 atom stereocenters. The van der Waals surface area contributed by atoms with Crippen molar-refractivity contribution in [2.75, 3.05) is 26.4 Å². The number of para-hydroxylation sites is 1. The van der Waals surface area contributed by atoms with Crippen LogP contribution in [0.15, 0.2) is 65.0 Å². The summed E-state index contributed by atoms with van der Waals surface area (Å²) in [5.41, 5.74) is 2.24. The summed E-state index contributed by atoms with van der Waals surface area (Å²) in [5, 5.41) is 11.1. The van der Waals surface area contributed by atoms with E-state index in [1.807, 2.05) is 56.3 Å². The van der Waals surface area contributed by atoms with Crippen molar-refractivity contribution in [2.24, 2.45) is 4.99 Å². The Hall–Kier alpha value is -3.03.